The zero-order valence-corrected chi connectivity index (χ0v) is 11.1. The van der Waals surface area contributed by atoms with Gasteiger partial charge in [0, 0.05) is 18.2 Å². The van der Waals surface area contributed by atoms with E-state index in [4.69, 9.17) is 5.73 Å². The molecule has 1 aromatic heterocycles. The Morgan fingerprint density at radius 3 is 2.79 bits per heavy atom. The van der Waals surface area contributed by atoms with E-state index in [-0.39, 0.29) is 11.8 Å². The summed E-state index contributed by atoms with van der Waals surface area (Å²) < 4.78 is 0. The highest BCUT2D eigenvalue weighted by atomic mass is 16.1. The number of nitrogens with one attached hydrogen (secondary N) is 1. The standard InChI is InChI=1S/C15H21N3O/c16-15(19)11-3-6-12(7-4-11)18-13-8-5-10-2-1-9-17-14(10)13/h1-2,9,11-13,18H,3-8H2,(H2,16,19). The summed E-state index contributed by atoms with van der Waals surface area (Å²) >= 11 is 0. The topological polar surface area (TPSA) is 68.0 Å². The second kappa shape index (κ2) is 5.29. The van der Waals surface area contributed by atoms with E-state index in [2.05, 4.69) is 16.4 Å². The molecule has 1 heterocycles. The number of carbonyl (C=O) groups excluding carboxylic acids is 1. The molecule has 3 N–H and O–H groups in total. The van der Waals surface area contributed by atoms with Crippen LogP contribution in [0.1, 0.15) is 49.4 Å². The molecule has 1 atom stereocenters. The van der Waals surface area contributed by atoms with Gasteiger partial charge in [-0.1, -0.05) is 6.07 Å². The van der Waals surface area contributed by atoms with Crippen LogP contribution >= 0.6 is 0 Å². The van der Waals surface area contributed by atoms with Crippen LogP contribution in [0.2, 0.25) is 0 Å². The lowest BCUT2D eigenvalue weighted by Gasteiger charge is -2.29. The largest absolute Gasteiger partial charge is 0.369 e. The second-order valence-corrected chi connectivity index (χ2v) is 5.76. The molecule has 0 radical (unpaired) electrons. The van der Waals surface area contributed by atoms with Crippen molar-refractivity contribution >= 4 is 5.91 Å². The first-order chi connectivity index (χ1) is 9.24. The van der Waals surface area contributed by atoms with Crippen molar-refractivity contribution in [2.24, 2.45) is 11.7 Å². The molecule has 0 spiro atoms. The fourth-order valence-electron chi connectivity index (χ4n) is 3.40. The van der Waals surface area contributed by atoms with E-state index >= 15 is 0 Å². The SMILES string of the molecule is NC(=O)C1CCC(NC2CCc3cccnc32)CC1. The number of pyridine rings is 1. The Kier molecular flexibility index (Phi) is 3.51. The average molecular weight is 259 g/mol. The van der Waals surface area contributed by atoms with E-state index in [0.29, 0.717) is 12.1 Å². The third kappa shape index (κ3) is 2.63. The number of hydrogen-bond acceptors (Lipinski definition) is 3. The van der Waals surface area contributed by atoms with Crippen molar-refractivity contribution in [2.45, 2.75) is 50.6 Å². The van der Waals surface area contributed by atoms with Gasteiger partial charge in [-0.25, -0.2) is 0 Å². The number of rotatable bonds is 3. The molecule has 2 aliphatic rings. The lowest BCUT2D eigenvalue weighted by molar-refractivity contribution is -0.122. The molecule has 1 aromatic rings. The van der Waals surface area contributed by atoms with Gasteiger partial charge in [-0.15, -0.1) is 0 Å². The van der Waals surface area contributed by atoms with E-state index < -0.39 is 0 Å². The van der Waals surface area contributed by atoms with E-state index in [1.165, 1.54) is 11.3 Å². The average Bonchev–Trinajstić information content (AvgIpc) is 2.83. The number of carbonyl (C=O) groups is 1. The maximum atomic E-state index is 11.2. The van der Waals surface area contributed by atoms with Gasteiger partial charge in [-0.2, -0.15) is 0 Å². The van der Waals surface area contributed by atoms with Crippen LogP contribution in [0.4, 0.5) is 0 Å². The Balaban J connectivity index is 1.58. The van der Waals surface area contributed by atoms with Crippen molar-refractivity contribution in [3.8, 4) is 0 Å². The van der Waals surface area contributed by atoms with Gasteiger partial charge in [-0.05, 0) is 50.2 Å². The summed E-state index contributed by atoms with van der Waals surface area (Å²) in [7, 11) is 0. The highest BCUT2D eigenvalue weighted by Gasteiger charge is 2.29. The van der Waals surface area contributed by atoms with Crippen LogP contribution in [0.3, 0.4) is 0 Å². The van der Waals surface area contributed by atoms with Crippen molar-refractivity contribution in [3.63, 3.8) is 0 Å². The highest BCUT2D eigenvalue weighted by Crippen LogP contribution is 2.32. The van der Waals surface area contributed by atoms with Gasteiger partial charge in [0.1, 0.15) is 0 Å². The summed E-state index contributed by atoms with van der Waals surface area (Å²) in [5, 5.41) is 3.72. The fraction of sp³-hybridized carbons (Fsp3) is 0.600. The van der Waals surface area contributed by atoms with Crippen molar-refractivity contribution in [2.75, 3.05) is 0 Å². The first-order valence-corrected chi connectivity index (χ1v) is 7.23. The van der Waals surface area contributed by atoms with Gasteiger partial charge in [0.25, 0.3) is 0 Å². The summed E-state index contributed by atoms with van der Waals surface area (Å²) in [5.74, 6) is -0.0432. The molecule has 1 saturated carbocycles. The molecule has 1 fully saturated rings. The Morgan fingerprint density at radius 1 is 1.26 bits per heavy atom. The molecule has 0 aliphatic heterocycles. The predicted molar refractivity (Wildman–Crippen MR) is 73.4 cm³/mol. The lowest BCUT2D eigenvalue weighted by Crippen LogP contribution is -2.38. The van der Waals surface area contributed by atoms with Gasteiger partial charge in [0.15, 0.2) is 0 Å². The zero-order chi connectivity index (χ0) is 13.2. The molecule has 4 heteroatoms. The van der Waals surface area contributed by atoms with Crippen LogP contribution in [0.25, 0.3) is 0 Å². The Bertz CT molecular complexity index is 466. The number of aromatic nitrogens is 1. The van der Waals surface area contributed by atoms with E-state index in [9.17, 15) is 4.79 Å². The number of amides is 1. The number of hydrogen-bond donors (Lipinski definition) is 2. The van der Waals surface area contributed by atoms with Crippen LogP contribution in [0.5, 0.6) is 0 Å². The van der Waals surface area contributed by atoms with Crippen LogP contribution in [0, 0.1) is 5.92 Å². The molecule has 0 aromatic carbocycles. The normalized spacial score (nSPS) is 30.0. The molecule has 102 valence electrons. The highest BCUT2D eigenvalue weighted by molar-refractivity contribution is 5.76. The number of nitrogens with two attached hydrogens (primary N) is 1. The molecule has 2 aliphatic carbocycles. The lowest BCUT2D eigenvalue weighted by atomic mass is 9.85. The number of nitrogens with zero attached hydrogens (tertiary/aromatic N) is 1. The monoisotopic (exact) mass is 259 g/mol. The van der Waals surface area contributed by atoms with Crippen LogP contribution in [-0.4, -0.2) is 16.9 Å². The molecule has 1 unspecified atom stereocenters. The van der Waals surface area contributed by atoms with Crippen molar-refractivity contribution in [1.29, 1.82) is 0 Å². The summed E-state index contributed by atoms with van der Waals surface area (Å²) in [6, 6.07) is 5.09. The van der Waals surface area contributed by atoms with Gasteiger partial charge in [0.05, 0.1) is 11.7 Å². The van der Waals surface area contributed by atoms with Gasteiger partial charge >= 0.3 is 0 Å². The maximum Gasteiger partial charge on any atom is 0.220 e. The van der Waals surface area contributed by atoms with Crippen LogP contribution in [-0.2, 0) is 11.2 Å². The first kappa shape index (κ1) is 12.6. The van der Waals surface area contributed by atoms with Crippen molar-refractivity contribution in [1.82, 2.24) is 10.3 Å². The third-order valence-electron chi connectivity index (χ3n) is 4.52. The minimum absolute atomic E-state index is 0.0899. The summed E-state index contributed by atoms with van der Waals surface area (Å²) in [4.78, 5) is 15.7. The molecular weight excluding hydrogens is 238 g/mol. The second-order valence-electron chi connectivity index (χ2n) is 5.76. The fourth-order valence-corrected chi connectivity index (χ4v) is 3.40. The first-order valence-electron chi connectivity index (χ1n) is 7.23. The van der Waals surface area contributed by atoms with E-state index in [1.54, 1.807) is 0 Å². The summed E-state index contributed by atoms with van der Waals surface area (Å²) in [6.07, 6.45) is 8.09. The number of primary amides is 1. The maximum absolute atomic E-state index is 11.2. The molecule has 0 saturated heterocycles. The summed E-state index contributed by atoms with van der Waals surface area (Å²) in [6.45, 7) is 0. The molecule has 0 bridgehead atoms. The predicted octanol–water partition coefficient (Wildman–Crippen LogP) is 1.70. The zero-order valence-electron chi connectivity index (χ0n) is 11.1. The van der Waals surface area contributed by atoms with Crippen molar-refractivity contribution < 1.29 is 4.79 Å². The van der Waals surface area contributed by atoms with E-state index in [0.717, 1.165) is 38.5 Å². The van der Waals surface area contributed by atoms with Crippen molar-refractivity contribution in [3.05, 3.63) is 29.6 Å². The quantitative estimate of drug-likeness (QED) is 0.868. The third-order valence-corrected chi connectivity index (χ3v) is 4.52. The van der Waals surface area contributed by atoms with Gasteiger partial charge < -0.3 is 11.1 Å². The molecular formula is C15H21N3O. The molecule has 4 nitrogen and oxygen atoms in total. The van der Waals surface area contributed by atoms with E-state index in [1.807, 2.05) is 12.3 Å². The van der Waals surface area contributed by atoms with Gasteiger partial charge in [0.2, 0.25) is 5.91 Å². The minimum atomic E-state index is -0.133. The molecule has 1 amide bonds. The minimum Gasteiger partial charge on any atom is -0.369 e. The molecule has 3 rings (SSSR count). The Hall–Kier alpha value is -1.42. The number of fused-ring (bicyclic) bond motifs is 1. The Labute approximate surface area is 113 Å². The smallest absolute Gasteiger partial charge is 0.220 e. The molecule has 19 heavy (non-hydrogen) atoms. The van der Waals surface area contributed by atoms with Crippen LogP contribution < -0.4 is 11.1 Å². The van der Waals surface area contributed by atoms with Gasteiger partial charge in [-0.3, -0.25) is 9.78 Å². The summed E-state index contributed by atoms with van der Waals surface area (Å²) in [5.41, 5.74) is 7.97. The van der Waals surface area contributed by atoms with Crippen LogP contribution in [0.15, 0.2) is 18.3 Å². The number of aryl methyl sites for hydroxylation is 1. The Morgan fingerprint density at radius 2 is 2.05 bits per heavy atom.